The summed E-state index contributed by atoms with van der Waals surface area (Å²) in [6.07, 6.45) is 2.21. The predicted octanol–water partition coefficient (Wildman–Crippen LogP) is 2.72. The average Bonchev–Trinajstić information content (AvgIpc) is 3.21. The first-order valence-corrected chi connectivity index (χ1v) is 9.21. The molecular formula is C20H29N5O. The van der Waals surface area contributed by atoms with Crippen LogP contribution in [0.15, 0.2) is 35.3 Å². The van der Waals surface area contributed by atoms with E-state index in [1.807, 2.05) is 17.7 Å². The number of aryl methyl sites for hydroxylation is 2. The van der Waals surface area contributed by atoms with Gasteiger partial charge in [0, 0.05) is 32.4 Å². The van der Waals surface area contributed by atoms with Crippen molar-refractivity contribution in [1.29, 1.82) is 0 Å². The van der Waals surface area contributed by atoms with Gasteiger partial charge in [-0.05, 0) is 51.3 Å². The molecule has 1 atom stereocenters. The molecule has 0 radical (unpaired) electrons. The number of para-hydroxylation sites is 1. The summed E-state index contributed by atoms with van der Waals surface area (Å²) in [5.41, 5.74) is 4.31. The van der Waals surface area contributed by atoms with Crippen molar-refractivity contribution in [3.05, 3.63) is 47.3 Å². The standard InChI is InChI=1S/C20H29N5O/c1-15-12-16(2)25(24-15)18-9-6-5-8-17(18)13-22-19(21-4)23-14-20(3)10-7-11-26-20/h5-6,8-9,12H,7,10-11,13-14H2,1-4H3,(H2,21,22,23). The summed E-state index contributed by atoms with van der Waals surface area (Å²) in [4.78, 5) is 4.34. The van der Waals surface area contributed by atoms with Crippen molar-refractivity contribution >= 4 is 5.96 Å². The van der Waals surface area contributed by atoms with E-state index in [1.165, 1.54) is 5.56 Å². The van der Waals surface area contributed by atoms with Crippen LogP contribution >= 0.6 is 0 Å². The summed E-state index contributed by atoms with van der Waals surface area (Å²) >= 11 is 0. The van der Waals surface area contributed by atoms with Crippen LogP contribution in [0.5, 0.6) is 0 Å². The highest BCUT2D eigenvalue weighted by Crippen LogP contribution is 2.23. The maximum Gasteiger partial charge on any atom is 0.191 e. The number of rotatable bonds is 5. The summed E-state index contributed by atoms with van der Waals surface area (Å²) in [7, 11) is 1.79. The van der Waals surface area contributed by atoms with E-state index in [-0.39, 0.29) is 5.60 Å². The minimum absolute atomic E-state index is 0.0980. The Kier molecular flexibility index (Phi) is 5.61. The van der Waals surface area contributed by atoms with Crippen molar-refractivity contribution in [2.45, 2.75) is 45.8 Å². The third-order valence-electron chi connectivity index (χ3n) is 4.83. The maximum atomic E-state index is 5.83. The molecule has 1 saturated heterocycles. The number of hydrogen-bond acceptors (Lipinski definition) is 3. The molecule has 0 amide bonds. The number of hydrogen-bond donors (Lipinski definition) is 2. The first kappa shape index (κ1) is 18.5. The molecule has 1 fully saturated rings. The summed E-state index contributed by atoms with van der Waals surface area (Å²) < 4.78 is 7.83. The molecule has 1 aromatic carbocycles. The maximum absolute atomic E-state index is 5.83. The summed E-state index contributed by atoms with van der Waals surface area (Å²) in [5.74, 6) is 0.782. The van der Waals surface area contributed by atoms with Crippen LogP contribution in [0.2, 0.25) is 0 Å². The molecule has 140 valence electrons. The van der Waals surface area contributed by atoms with Gasteiger partial charge in [0.1, 0.15) is 0 Å². The fourth-order valence-corrected chi connectivity index (χ4v) is 3.39. The molecule has 2 aromatic rings. The van der Waals surface area contributed by atoms with Gasteiger partial charge in [-0.15, -0.1) is 0 Å². The molecule has 0 spiro atoms. The highest BCUT2D eigenvalue weighted by Gasteiger charge is 2.29. The van der Waals surface area contributed by atoms with E-state index in [4.69, 9.17) is 4.74 Å². The Morgan fingerprint density at radius 3 is 2.77 bits per heavy atom. The van der Waals surface area contributed by atoms with Crippen molar-refractivity contribution in [3.8, 4) is 5.69 Å². The van der Waals surface area contributed by atoms with E-state index in [0.29, 0.717) is 6.54 Å². The van der Waals surface area contributed by atoms with E-state index in [2.05, 4.69) is 58.8 Å². The van der Waals surface area contributed by atoms with Crippen LogP contribution in [0.1, 0.15) is 36.7 Å². The molecule has 1 aliphatic heterocycles. The third kappa shape index (κ3) is 4.25. The summed E-state index contributed by atoms with van der Waals surface area (Å²) in [6, 6.07) is 10.4. The van der Waals surface area contributed by atoms with Crippen molar-refractivity contribution < 1.29 is 4.74 Å². The van der Waals surface area contributed by atoms with E-state index < -0.39 is 0 Å². The lowest BCUT2D eigenvalue weighted by Crippen LogP contribution is -2.45. The molecular weight excluding hydrogens is 326 g/mol. The Hall–Kier alpha value is -2.34. The Labute approximate surface area is 155 Å². The zero-order valence-corrected chi connectivity index (χ0v) is 16.2. The number of nitrogens with one attached hydrogen (secondary N) is 2. The minimum atomic E-state index is -0.0980. The van der Waals surface area contributed by atoms with Crippen molar-refractivity contribution in [2.24, 2.45) is 4.99 Å². The fraction of sp³-hybridized carbons (Fsp3) is 0.500. The van der Waals surface area contributed by atoms with E-state index in [0.717, 1.165) is 49.0 Å². The van der Waals surface area contributed by atoms with E-state index in [9.17, 15) is 0 Å². The fourth-order valence-electron chi connectivity index (χ4n) is 3.39. The van der Waals surface area contributed by atoms with Crippen LogP contribution in [0.25, 0.3) is 5.69 Å². The molecule has 6 nitrogen and oxygen atoms in total. The van der Waals surface area contributed by atoms with Crippen LogP contribution in [0.3, 0.4) is 0 Å². The highest BCUT2D eigenvalue weighted by molar-refractivity contribution is 5.79. The van der Waals surface area contributed by atoms with Gasteiger partial charge in [-0.3, -0.25) is 4.99 Å². The Balaban J connectivity index is 1.66. The zero-order valence-electron chi connectivity index (χ0n) is 16.2. The first-order valence-electron chi connectivity index (χ1n) is 9.21. The monoisotopic (exact) mass is 355 g/mol. The molecule has 2 heterocycles. The minimum Gasteiger partial charge on any atom is -0.373 e. The Morgan fingerprint density at radius 2 is 2.12 bits per heavy atom. The van der Waals surface area contributed by atoms with Gasteiger partial charge in [0.05, 0.1) is 17.0 Å². The van der Waals surface area contributed by atoms with Gasteiger partial charge in [0.2, 0.25) is 0 Å². The SMILES string of the molecule is CN=C(NCc1ccccc1-n1nc(C)cc1C)NCC1(C)CCCO1. The van der Waals surface area contributed by atoms with Crippen molar-refractivity contribution in [3.63, 3.8) is 0 Å². The first-order chi connectivity index (χ1) is 12.5. The van der Waals surface area contributed by atoms with Crippen molar-refractivity contribution in [2.75, 3.05) is 20.2 Å². The average molecular weight is 355 g/mol. The Morgan fingerprint density at radius 1 is 1.31 bits per heavy atom. The lowest BCUT2D eigenvalue weighted by atomic mass is 10.0. The van der Waals surface area contributed by atoms with E-state index in [1.54, 1.807) is 7.05 Å². The van der Waals surface area contributed by atoms with Gasteiger partial charge in [0.25, 0.3) is 0 Å². The van der Waals surface area contributed by atoms with Crippen LogP contribution in [-0.2, 0) is 11.3 Å². The molecule has 1 unspecified atom stereocenters. The molecule has 3 rings (SSSR count). The topological polar surface area (TPSA) is 63.5 Å². The second-order valence-electron chi connectivity index (χ2n) is 7.15. The van der Waals surface area contributed by atoms with Gasteiger partial charge in [0.15, 0.2) is 5.96 Å². The van der Waals surface area contributed by atoms with Gasteiger partial charge >= 0.3 is 0 Å². The molecule has 26 heavy (non-hydrogen) atoms. The highest BCUT2D eigenvalue weighted by atomic mass is 16.5. The number of benzene rings is 1. The number of aromatic nitrogens is 2. The van der Waals surface area contributed by atoms with Crippen LogP contribution in [-0.4, -0.2) is 41.5 Å². The second-order valence-corrected chi connectivity index (χ2v) is 7.15. The Bertz CT molecular complexity index is 774. The van der Waals surface area contributed by atoms with Crippen LogP contribution in [0, 0.1) is 13.8 Å². The third-order valence-corrected chi connectivity index (χ3v) is 4.83. The van der Waals surface area contributed by atoms with Crippen LogP contribution in [0.4, 0.5) is 0 Å². The quantitative estimate of drug-likeness (QED) is 0.639. The molecule has 1 aliphatic rings. The van der Waals surface area contributed by atoms with Crippen molar-refractivity contribution in [1.82, 2.24) is 20.4 Å². The lowest BCUT2D eigenvalue weighted by molar-refractivity contribution is 0.0243. The molecule has 6 heteroatoms. The van der Waals surface area contributed by atoms with E-state index >= 15 is 0 Å². The number of guanidine groups is 1. The number of aliphatic imine (C=N–C) groups is 1. The smallest absolute Gasteiger partial charge is 0.191 e. The molecule has 1 aromatic heterocycles. The normalized spacial score (nSPS) is 20.4. The zero-order chi connectivity index (χ0) is 18.6. The molecule has 2 N–H and O–H groups in total. The molecule has 0 saturated carbocycles. The summed E-state index contributed by atoms with van der Waals surface area (Å²) in [6.45, 7) is 8.52. The van der Waals surface area contributed by atoms with Gasteiger partial charge in [-0.1, -0.05) is 18.2 Å². The largest absolute Gasteiger partial charge is 0.373 e. The van der Waals surface area contributed by atoms with Gasteiger partial charge in [-0.25, -0.2) is 4.68 Å². The molecule has 0 bridgehead atoms. The number of nitrogens with zero attached hydrogens (tertiary/aromatic N) is 3. The summed E-state index contributed by atoms with van der Waals surface area (Å²) in [5, 5.41) is 11.4. The second kappa shape index (κ2) is 7.91. The van der Waals surface area contributed by atoms with Gasteiger partial charge in [-0.2, -0.15) is 5.10 Å². The molecule has 0 aliphatic carbocycles. The lowest BCUT2D eigenvalue weighted by Gasteiger charge is -2.24. The number of ether oxygens (including phenoxy) is 1. The van der Waals surface area contributed by atoms with Gasteiger partial charge < -0.3 is 15.4 Å². The van der Waals surface area contributed by atoms with Crippen LogP contribution < -0.4 is 10.6 Å². The predicted molar refractivity (Wildman–Crippen MR) is 105 cm³/mol.